The highest BCUT2D eigenvalue weighted by Crippen LogP contribution is 2.32. The molecule has 21 heavy (non-hydrogen) atoms. The molecule has 1 aromatic heterocycles. The predicted octanol–water partition coefficient (Wildman–Crippen LogP) is 4.33. The van der Waals surface area contributed by atoms with Crippen LogP contribution in [0.25, 0.3) is 22.2 Å². The Morgan fingerprint density at radius 3 is 2.48 bits per heavy atom. The lowest BCUT2D eigenvalue weighted by Crippen LogP contribution is -1.99. The van der Waals surface area contributed by atoms with Gasteiger partial charge in [-0.15, -0.1) is 0 Å². The van der Waals surface area contributed by atoms with Crippen molar-refractivity contribution in [3.63, 3.8) is 0 Å². The molecule has 0 bridgehead atoms. The summed E-state index contributed by atoms with van der Waals surface area (Å²) in [6.45, 7) is 0. The van der Waals surface area contributed by atoms with Crippen molar-refractivity contribution in [2.24, 2.45) is 0 Å². The minimum absolute atomic E-state index is 0.159. The van der Waals surface area contributed by atoms with E-state index in [0.717, 1.165) is 18.6 Å². The molecule has 0 saturated carbocycles. The highest BCUT2D eigenvalue weighted by Gasteiger charge is 2.21. The zero-order valence-electron chi connectivity index (χ0n) is 11.0. The van der Waals surface area contributed by atoms with Crippen LogP contribution in [0.15, 0.2) is 42.5 Å². The Morgan fingerprint density at radius 1 is 0.952 bits per heavy atom. The van der Waals surface area contributed by atoms with Crippen molar-refractivity contribution in [3.05, 3.63) is 59.9 Å². The fourth-order valence-electron chi connectivity index (χ4n) is 2.17. The normalized spacial score (nSPS) is 10.9. The number of para-hydroxylation sites is 1. The number of pyridine rings is 1. The first-order chi connectivity index (χ1) is 10.1. The van der Waals surface area contributed by atoms with E-state index in [1.165, 1.54) is 6.07 Å². The lowest BCUT2D eigenvalue weighted by Gasteiger charge is -2.09. The minimum Gasteiger partial charge on any atom is -0.491 e. The van der Waals surface area contributed by atoms with Gasteiger partial charge in [-0.2, -0.15) is 4.39 Å². The molecule has 0 unspecified atom stereocenters. The van der Waals surface area contributed by atoms with Crippen molar-refractivity contribution >= 4 is 10.9 Å². The summed E-state index contributed by atoms with van der Waals surface area (Å²) in [5, 5.41) is 0.858. The van der Waals surface area contributed by atoms with E-state index in [4.69, 9.17) is 0 Å². The van der Waals surface area contributed by atoms with Gasteiger partial charge in [0.15, 0.2) is 17.4 Å². The lowest BCUT2D eigenvalue weighted by atomic mass is 10.1. The summed E-state index contributed by atoms with van der Waals surface area (Å²) in [5.74, 6) is -4.25. The van der Waals surface area contributed by atoms with E-state index in [2.05, 4.69) is 9.72 Å². The molecular formula is C16H10F3NO. The Hall–Kier alpha value is -2.56. The fraction of sp³-hybridized carbons (Fsp3) is 0.0625. The quantitative estimate of drug-likeness (QED) is 0.655. The molecular weight excluding hydrogens is 279 g/mol. The zero-order chi connectivity index (χ0) is 15.0. The number of ether oxygens (including phenoxy) is 1. The molecule has 106 valence electrons. The number of fused-ring (bicyclic) bond motifs is 1. The minimum atomic E-state index is -1.36. The van der Waals surface area contributed by atoms with Gasteiger partial charge in [-0.25, -0.2) is 13.8 Å². The Labute approximate surface area is 118 Å². The first-order valence-corrected chi connectivity index (χ1v) is 6.19. The molecule has 3 aromatic rings. The van der Waals surface area contributed by atoms with Crippen molar-refractivity contribution in [1.29, 1.82) is 0 Å². The third-order valence-corrected chi connectivity index (χ3v) is 3.19. The van der Waals surface area contributed by atoms with Gasteiger partial charge in [-0.05, 0) is 18.2 Å². The Bertz CT molecular complexity index is 833. The van der Waals surface area contributed by atoms with Gasteiger partial charge in [0.1, 0.15) is 0 Å². The number of halogens is 3. The van der Waals surface area contributed by atoms with Crippen LogP contribution in [0.2, 0.25) is 0 Å². The summed E-state index contributed by atoms with van der Waals surface area (Å²) < 4.78 is 46.0. The van der Waals surface area contributed by atoms with Crippen molar-refractivity contribution in [2.45, 2.75) is 0 Å². The van der Waals surface area contributed by atoms with Gasteiger partial charge in [-0.1, -0.05) is 24.3 Å². The van der Waals surface area contributed by atoms with Crippen LogP contribution in [0.4, 0.5) is 13.2 Å². The largest absolute Gasteiger partial charge is 0.491 e. The van der Waals surface area contributed by atoms with E-state index < -0.39 is 23.2 Å². The number of nitrogens with zero attached hydrogens (tertiary/aromatic N) is 1. The molecule has 0 aliphatic carbocycles. The van der Waals surface area contributed by atoms with Crippen molar-refractivity contribution in [1.82, 2.24) is 4.98 Å². The van der Waals surface area contributed by atoms with Crippen LogP contribution in [0, 0.1) is 17.5 Å². The third kappa shape index (κ3) is 2.20. The van der Waals surface area contributed by atoms with Crippen LogP contribution < -0.4 is 4.74 Å². The average molecular weight is 289 g/mol. The topological polar surface area (TPSA) is 22.1 Å². The monoisotopic (exact) mass is 289 g/mol. The summed E-state index contributed by atoms with van der Waals surface area (Å²) >= 11 is 0. The van der Waals surface area contributed by atoms with Crippen LogP contribution in [0.1, 0.15) is 0 Å². The highest BCUT2D eigenvalue weighted by atomic mass is 19.2. The average Bonchev–Trinajstić information content (AvgIpc) is 2.51. The van der Waals surface area contributed by atoms with Crippen molar-refractivity contribution in [2.75, 3.05) is 7.11 Å². The number of methoxy groups -OCH3 is 1. The molecule has 1 heterocycles. The second-order valence-electron chi connectivity index (χ2n) is 4.46. The van der Waals surface area contributed by atoms with E-state index in [1.54, 1.807) is 18.2 Å². The molecule has 0 N–H and O–H groups in total. The van der Waals surface area contributed by atoms with Gasteiger partial charge in [0.25, 0.3) is 0 Å². The zero-order valence-corrected chi connectivity index (χ0v) is 11.0. The number of rotatable bonds is 2. The van der Waals surface area contributed by atoms with Crippen LogP contribution in [0.3, 0.4) is 0 Å². The van der Waals surface area contributed by atoms with Crippen LogP contribution in [-0.2, 0) is 0 Å². The first-order valence-electron chi connectivity index (χ1n) is 6.19. The molecule has 5 heteroatoms. The summed E-state index contributed by atoms with van der Waals surface area (Å²) in [5.41, 5.74) is 0.536. The number of hydrogen-bond acceptors (Lipinski definition) is 2. The molecule has 0 radical (unpaired) electrons. The maximum absolute atomic E-state index is 14.1. The number of aromatic nitrogens is 1. The van der Waals surface area contributed by atoms with Crippen molar-refractivity contribution < 1.29 is 17.9 Å². The third-order valence-electron chi connectivity index (χ3n) is 3.19. The van der Waals surface area contributed by atoms with E-state index in [0.29, 0.717) is 5.52 Å². The molecule has 0 amide bonds. The molecule has 0 fully saturated rings. The Morgan fingerprint density at radius 2 is 1.71 bits per heavy atom. The highest BCUT2D eigenvalue weighted by molar-refractivity contribution is 5.81. The molecule has 2 aromatic carbocycles. The second-order valence-corrected chi connectivity index (χ2v) is 4.46. The van der Waals surface area contributed by atoms with E-state index in [9.17, 15) is 13.2 Å². The molecule has 2 nitrogen and oxygen atoms in total. The fourth-order valence-corrected chi connectivity index (χ4v) is 2.17. The summed E-state index contributed by atoms with van der Waals surface area (Å²) in [4.78, 5) is 4.23. The van der Waals surface area contributed by atoms with Gasteiger partial charge in [0.2, 0.25) is 5.82 Å². The van der Waals surface area contributed by atoms with E-state index in [1.807, 2.05) is 12.1 Å². The van der Waals surface area contributed by atoms with Gasteiger partial charge in [-0.3, -0.25) is 0 Å². The number of hydrogen-bond donors (Lipinski definition) is 0. The summed E-state index contributed by atoms with van der Waals surface area (Å²) in [6.07, 6.45) is 0. The maximum atomic E-state index is 14.1. The van der Waals surface area contributed by atoms with Crippen LogP contribution in [-0.4, -0.2) is 12.1 Å². The van der Waals surface area contributed by atoms with Gasteiger partial charge in [0.05, 0.1) is 18.3 Å². The SMILES string of the molecule is COc1c(F)cc(-c2ccc3ccccc3n2)c(F)c1F. The van der Waals surface area contributed by atoms with E-state index >= 15 is 0 Å². The van der Waals surface area contributed by atoms with Gasteiger partial charge < -0.3 is 4.74 Å². The maximum Gasteiger partial charge on any atom is 0.204 e. The molecule has 0 atom stereocenters. The molecule has 0 saturated heterocycles. The predicted molar refractivity (Wildman–Crippen MR) is 73.6 cm³/mol. The number of benzene rings is 2. The molecule has 0 aliphatic heterocycles. The van der Waals surface area contributed by atoms with Crippen LogP contribution in [0.5, 0.6) is 5.75 Å². The second kappa shape index (κ2) is 5.09. The first kappa shape index (κ1) is 13.4. The standard InChI is InChI=1S/C16H10F3NO/c1-21-16-11(17)8-10(14(18)15(16)19)13-7-6-9-4-2-3-5-12(9)20-13/h2-8H,1H3. The summed E-state index contributed by atoms with van der Waals surface area (Å²) in [7, 11) is 1.08. The smallest absolute Gasteiger partial charge is 0.204 e. The Balaban J connectivity index is 2.23. The molecule has 3 rings (SSSR count). The van der Waals surface area contributed by atoms with Gasteiger partial charge in [0, 0.05) is 10.9 Å². The lowest BCUT2D eigenvalue weighted by molar-refractivity contribution is 0.347. The van der Waals surface area contributed by atoms with Crippen LogP contribution >= 0.6 is 0 Å². The van der Waals surface area contributed by atoms with Crippen molar-refractivity contribution in [3.8, 4) is 17.0 Å². The van der Waals surface area contributed by atoms with E-state index in [-0.39, 0.29) is 11.3 Å². The Kier molecular flexibility index (Phi) is 3.25. The molecule has 0 aliphatic rings. The van der Waals surface area contributed by atoms with Gasteiger partial charge >= 0.3 is 0 Å². The molecule has 0 spiro atoms. The summed E-state index contributed by atoms with van der Waals surface area (Å²) in [6, 6.07) is 11.3.